The number of aryl methyl sites for hydroxylation is 1. The van der Waals surface area contributed by atoms with E-state index in [1.165, 1.54) is 41.2 Å². The molecule has 0 unspecified atom stereocenters. The van der Waals surface area contributed by atoms with Crippen molar-refractivity contribution in [2.24, 2.45) is 7.05 Å². The van der Waals surface area contributed by atoms with Gasteiger partial charge in [0.15, 0.2) is 0 Å². The van der Waals surface area contributed by atoms with Crippen LogP contribution in [0.4, 0.5) is 4.39 Å². The number of aromatic nitrogens is 3. The highest BCUT2D eigenvalue weighted by Crippen LogP contribution is 2.37. The molecule has 0 aliphatic heterocycles. The van der Waals surface area contributed by atoms with Crippen LogP contribution >= 0.6 is 11.3 Å². The molecule has 148 valence electrons. The van der Waals surface area contributed by atoms with Crippen molar-refractivity contribution in [2.75, 3.05) is 6.67 Å². The van der Waals surface area contributed by atoms with Gasteiger partial charge in [0.25, 0.3) is 5.56 Å². The maximum atomic E-state index is 13.1. The molecule has 4 rings (SSSR count). The van der Waals surface area contributed by atoms with Crippen LogP contribution in [0.2, 0.25) is 0 Å². The number of halogens is 1. The van der Waals surface area contributed by atoms with Gasteiger partial charge in [0, 0.05) is 18.1 Å². The minimum atomic E-state index is -4.00. The maximum absolute atomic E-state index is 13.1. The van der Waals surface area contributed by atoms with Crippen LogP contribution in [0, 0.1) is 0 Å². The van der Waals surface area contributed by atoms with E-state index in [0.717, 1.165) is 9.44 Å². The van der Waals surface area contributed by atoms with Crippen LogP contribution in [-0.2, 0) is 23.6 Å². The van der Waals surface area contributed by atoms with E-state index < -0.39 is 33.5 Å². The number of nitrogens with zero attached hydrogens (tertiary/aromatic N) is 3. The van der Waals surface area contributed by atoms with E-state index in [9.17, 15) is 22.4 Å². The van der Waals surface area contributed by atoms with Gasteiger partial charge in [0.05, 0.1) is 33.4 Å². The number of nitrogens with one attached hydrogen (secondary N) is 1. The standard InChI is InChI=1S/C17H17FN4O4S2/c1-21-14-3-2-12(28(25,26)20-17(9-18)4-5-17)6-13(14)15(23)22(16(21)24)8-11-7-19-10-27-11/h2-3,6-7,10,20H,4-5,8-9H2,1H3. The average Bonchev–Trinajstić information content (AvgIpc) is 3.24. The summed E-state index contributed by atoms with van der Waals surface area (Å²) >= 11 is 1.31. The number of benzene rings is 1. The second-order valence-electron chi connectivity index (χ2n) is 6.90. The second kappa shape index (κ2) is 6.61. The lowest BCUT2D eigenvalue weighted by Gasteiger charge is -2.15. The van der Waals surface area contributed by atoms with E-state index >= 15 is 0 Å². The van der Waals surface area contributed by atoms with Gasteiger partial charge in [-0.1, -0.05) is 0 Å². The van der Waals surface area contributed by atoms with Crippen molar-refractivity contribution in [3.05, 3.63) is 55.6 Å². The van der Waals surface area contributed by atoms with Gasteiger partial charge in [-0.3, -0.25) is 18.9 Å². The normalized spacial score (nSPS) is 15.8. The van der Waals surface area contributed by atoms with Crippen LogP contribution < -0.4 is 16.0 Å². The summed E-state index contributed by atoms with van der Waals surface area (Å²) < 4.78 is 43.1. The first kappa shape index (κ1) is 19.0. The van der Waals surface area contributed by atoms with Gasteiger partial charge in [0.1, 0.15) is 6.67 Å². The lowest BCUT2D eigenvalue weighted by molar-refractivity contribution is 0.393. The lowest BCUT2D eigenvalue weighted by Crippen LogP contribution is -2.40. The van der Waals surface area contributed by atoms with Crippen LogP contribution in [0.1, 0.15) is 17.7 Å². The molecule has 3 aromatic rings. The lowest BCUT2D eigenvalue weighted by atomic mass is 10.2. The molecule has 11 heteroatoms. The SMILES string of the molecule is Cn1c(=O)n(Cc2cncs2)c(=O)c2cc(S(=O)(=O)NC3(CF)CC3)ccc21. The summed E-state index contributed by atoms with van der Waals surface area (Å²) in [7, 11) is -2.48. The van der Waals surface area contributed by atoms with E-state index in [4.69, 9.17) is 0 Å². The molecule has 1 aromatic carbocycles. The minimum Gasteiger partial charge on any atom is -0.296 e. The Kier molecular flexibility index (Phi) is 4.47. The first-order valence-electron chi connectivity index (χ1n) is 8.47. The molecular formula is C17H17FN4O4S2. The molecule has 0 bridgehead atoms. The van der Waals surface area contributed by atoms with Crippen molar-refractivity contribution in [1.82, 2.24) is 18.8 Å². The fourth-order valence-corrected chi connectivity index (χ4v) is 5.09. The summed E-state index contributed by atoms with van der Waals surface area (Å²) in [6.45, 7) is -0.734. The van der Waals surface area contributed by atoms with E-state index in [0.29, 0.717) is 18.4 Å². The third-order valence-electron chi connectivity index (χ3n) is 4.89. The highest BCUT2D eigenvalue weighted by atomic mass is 32.2. The van der Waals surface area contributed by atoms with Gasteiger partial charge in [-0.15, -0.1) is 11.3 Å². The third kappa shape index (κ3) is 3.19. The molecule has 2 heterocycles. The van der Waals surface area contributed by atoms with E-state index in [1.54, 1.807) is 11.7 Å². The molecule has 1 N–H and O–H groups in total. The van der Waals surface area contributed by atoms with Gasteiger partial charge in [-0.2, -0.15) is 0 Å². The number of sulfonamides is 1. The third-order valence-corrected chi connectivity index (χ3v) is 7.23. The Hall–Kier alpha value is -2.37. The second-order valence-corrected chi connectivity index (χ2v) is 9.55. The number of rotatable bonds is 6. The van der Waals surface area contributed by atoms with Crippen molar-refractivity contribution in [1.29, 1.82) is 0 Å². The maximum Gasteiger partial charge on any atom is 0.331 e. The van der Waals surface area contributed by atoms with Gasteiger partial charge < -0.3 is 0 Å². The highest BCUT2D eigenvalue weighted by Gasteiger charge is 2.46. The van der Waals surface area contributed by atoms with E-state index in [-0.39, 0.29) is 16.8 Å². The number of hydrogen-bond donors (Lipinski definition) is 1. The Morgan fingerprint density at radius 1 is 1.32 bits per heavy atom. The molecule has 1 saturated carbocycles. The largest absolute Gasteiger partial charge is 0.331 e. The molecule has 0 saturated heterocycles. The Bertz CT molecular complexity index is 1270. The zero-order valence-corrected chi connectivity index (χ0v) is 16.5. The number of fused-ring (bicyclic) bond motifs is 1. The molecule has 8 nitrogen and oxygen atoms in total. The molecule has 0 spiro atoms. The van der Waals surface area contributed by atoms with Crippen molar-refractivity contribution in [3.63, 3.8) is 0 Å². The highest BCUT2D eigenvalue weighted by molar-refractivity contribution is 7.89. The smallest absolute Gasteiger partial charge is 0.296 e. The Labute approximate surface area is 163 Å². The summed E-state index contributed by atoms with van der Waals surface area (Å²) in [4.78, 5) is 30.0. The van der Waals surface area contributed by atoms with Gasteiger partial charge in [-0.05, 0) is 31.0 Å². The Morgan fingerprint density at radius 2 is 2.07 bits per heavy atom. The molecule has 1 aliphatic rings. The van der Waals surface area contributed by atoms with Crippen LogP contribution in [0.25, 0.3) is 10.9 Å². The molecule has 0 atom stereocenters. The number of thiazole rings is 1. The summed E-state index contributed by atoms with van der Waals surface area (Å²) in [5.74, 6) is 0. The fourth-order valence-electron chi connectivity index (χ4n) is 3.04. The van der Waals surface area contributed by atoms with Crippen molar-refractivity contribution >= 4 is 32.3 Å². The first-order chi connectivity index (χ1) is 13.3. The molecule has 0 amide bonds. The molecule has 0 radical (unpaired) electrons. The summed E-state index contributed by atoms with van der Waals surface area (Å²) in [5, 5.41) is 0.0968. The molecule has 1 aliphatic carbocycles. The average molecular weight is 424 g/mol. The van der Waals surface area contributed by atoms with Gasteiger partial charge >= 0.3 is 5.69 Å². The van der Waals surface area contributed by atoms with Crippen molar-refractivity contribution in [3.8, 4) is 0 Å². The summed E-state index contributed by atoms with van der Waals surface area (Å²) in [6.07, 6.45) is 2.44. The Balaban J connectivity index is 1.85. The topological polar surface area (TPSA) is 103 Å². The quantitative estimate of drug-likeness (QED) is 0.636. The summed E-state index contributed by atoms with van der Waals surface area (Å²) in [5.41, 5.74) is -0.213. The predicted molar refractivity (Wildman–Crippen MR) is 103 cm³/mol. The van der Waals surface area contributed by atoms with Gasteiger partial charge in [0.2, 0.25) is 10.0 Å². The molecular weight excluding hydrogens is 407 g/mol. The van der Waals surface area contributed by atoms with Crippen LogP contribution in [0.15, 0.2) is 44.4 Å². The molecule has 1 fully saturated rings. The Morgan fingerprint density at radius 3 is 2.68 bits per heavy atom. The molecule has 2 aromatic heterocycles. The number of hydrogen-bond acceptors (Lipinski definition) is 6. The van der Waals surface area contributed by atoms with E-state index in [1.807, 2.05) is 0 Å². The fraction of sp³-hybridized carbons (Fsp3) is 0.353. The van der Waals surface area contributed by atoms with E-state index in [2.05, 4.69) is 9.71 Å². The first-order valence-corrected chi connectivity index (χ1v) is 10.8. The number of alkyl halides is 1. The summed E-state index contributed by atoms with van der Waals surface area (Å²) in [6, 6.07) is 3.96. The van der Waals surface area contributed by atoms with Crippen molar-refractivity contribution < 1.29 is 12.8 Å². The van der Waals surface area contributed by atoms with Crippen LogP contribution in [0.5, 0.6) is 0 Å². The van der Waals surface area contributed by atoms with Crippen LogP contribution in [-0.4, -0.2) is 34.7 Å². The minimum absolute atomic E-state index is 0.0479. The predicted octanol–water partition coefficient (Wildman–Crippen LogP) is 0.985. The van der Waals surface area contributed by atoms with Gasteiger partial charge in [-0.25, -0.2) is 22.3 Å². The zero-order valence-electron chi connectivity index (χ0n) is 14.9. The molecule has 28 heavy (non-hydrogen) atoms. The van der Waals surface area contributed by atoms with Crippen LogP contribution in [0.3, 0.4) is 0 Å². The zero-order chi connectivity index (χ0) is 20.1. The van der Waals surface area contributed by atoms with Crippen molar-refractivity contribution in [2.45, 2.75) is 29.8 Å². The monoisotopic (exact) mass is 424 g/mol.